The number of nitrogens with zero attached hydrogens (tertiary/aromatic N) is 4. The van der Waals surface area contributed by atoms with Gasteiger partial charge in [0.1, 0.15) is 6.33 Å². The van der Waals surface area contributed by atoms with Crippen LogP contribution in [0.1, 0.15) is 11.1 Å². The van der Waals surface area contributed by atoms with Crippen molar-refractivity contribution in [3.05, 3.63) is 35.7 Å². The second-order valence-electron chi connectivity index (χ2n) is 3.57. The summed E-state index contributed by atoms with van der Waals surface area (Å²) in [6, 6.07) is 5.65. The first-order valence-corrected chi connectivity index (χ1v) is 5.11. The summed E-state index contributed by atoms with van der Waals surface area (Å²) in [5, 5.41) is 11.0. The van der Waals surface area contributed by atoms with E-state index in [1.54, 1.807) is 4.68 Å². The minimum atomic E-state index is -0.262. The van der Waals surface area contributed by atoms with Crippen LogP contribution in [0, 0.1) is 6.92 Å². The quantitative estimate of drug-likeness (QED) is 0.728. The molecule has 6 heteroatoms. The van der Waals surface area contributed by atoms with Crippen LogP contribution in [-0.2, 0) is 16.0 Å². The average Bonchev–Trinajstić information content (AvgIpc) is 2.85. The molecule has 17 heavy (non-hydrogen) atoms. The second-order valence-corrected chi connectivity index (χ2v) is 3.57. The van der Waals surface area contributed by atoms with Gasteiger partial charge in [-0.05, 0) is 34.5 Å². The van der Waals surface area contributed by atoms with Gasteiger partial charge in [0.2, 0.25) is 0 Å². The molecular formula is C11H12N4O2. The predicted molar refractivity (Wildman–Crippen MR) is 59.6 cm³/mol. The monoisotopic (exact) mass is 232 g/mol. The smallest absolute Gasteiger partial charge is 0.309 e. The van der Waals surface area contributed by atoms with Crippen molar-refractivity contribution in [1.82, 2.24) is 20.2 Å². The van der Waals surface area contributed by atoms with Crippen LogP contribution >= 0.6 is 0 Å². The molecule has 6 nitrogen and oxygen atoms in total. The van der Waals surface area contributed by atoms with Crippen LogP contribution in [-0.4, -0.2) is 33.3 Å². The van der Waals surface area contributed by atoms with Gasteiger partial charge in [-0.3, -0.25) is 4.79 Å². The van der Waals surface area contributed by atoms with Gasteiger partial charge in [0, 0.05) is 0 Å². The highest BCUT2D eigenvalue weighted by atomic mass is 16.5. The fraction of sp³-hybridized carbons (Fsp3) is 0.273. The number of esters is 1. The molecule has 0 aliphatic heterocycles. The number of carbonyl (C=O) groups is 1. The fourth-order valence-electron chi connectivity index (χ4n) is 1.61. The van der Waals surface area contributed by atoms with Gasteiger partial charge in [0.15, 0.2) is 0 Å². The Balaban J connectivity index is 2.37. The van der Waals surface area contributed by atoms with E-state index in [0.717, 1.165) is 16.8 Å². The van der Waals surface area contributed by atoms with Gasteiger partial charge in [-0.1, -0.05) is 12.1 Å². The molecule has 0 N–H and O–H groups in total. The van der Waals surface area contributed by atoms with Gasteiger partial charge >= 0.3 is 5.97 Å². The molecule has 1 heterocycles. The first kappa shape index (κ1) is 11.3. The maximum absolute atomic E-state index is 11.3. The maximum atomic E-state index is 11.3. The molecule has 1 aromatic heterocycles. The third-order valence-corrected chi connectivity index (χ3v) is 2.58. The van der Waals surface area contributed by atoms with Crippen LogP contribution in [0.2, 0.25) is 0 Å². The number of tetrazole rings is 1. The fourth-order valence-corrected chi connectivity index (χ4v) is 1.61. The Morgan fingerprint density at radius 1 is 1.47 bits per heavy atom. The second kappa shape index (κ2) is 4.73. The van der Waals surface area contributed by atoms with E-state index in [1.807, 2.05) is 25.1 Å². The molecule has 2 aromatic rings. The molecule has 0 aliphatic rings. The minimum absolute atomic E-state index is 0.248. The lowest BCUT2D eigenvalue weighted by Crippen LogP contribution is -2.08. The van der Waals surface area contributed by atoms with Crippen LogP contribution < -0.4 is 0 Å². The van der Waals surface area contributed by atoms with Crippen molar-refractivity contribution in [3.63, 3.8) is 0 Å². The van der Waals surface area contributed by atoms with Crippen LogP contribution in [0.3, 0.4) is 0 Å². The van der Waals surface area contributed by atoms with Crippen molar-refractivity contribution in [1.29, 1.82) is 0 Å². The van der Waals surface area contributed by atoms with Crippen LogP contribution in [0.4, 0.5) is 0 Å². The molecule has 0 atom stereocenters. The molecule has 0 amide bonds. The lowest BCUT2D eigenvalue weighted by Gasteiger charge is -2.09. The molecule has 2 rings (SSSR count). The normalized spacial score (nSPS) is 10.2. The molecule has 88 valence electrons. The molecule has 0 unspecified atom stereocenters. The van der Waals surface area contributed by atoms with Crippen molar-refractivity contribution in [3.8, 4) is 5.69 Å². The highest BCUT2D eigenvalue weighted by Gasteiger charge is 2.10. The summed E-state index contributed by atoms with van der Waals surface area (Å²) in [5.74, 6) is -0.262. The average molecular weight is 232 g/mol. The number of ether oxygens (including phenoxy) is 1. The Kier molecular flexibility index (Phi) is 3.13. The highest BCUT2D eigenvalue weighted by molar-refractivity contribution is 5.73. The number of rotatable bonds is 3. The summed E-state index contributed by atoms with van der Waals surface area (Å²) >= 11 is 0. The molecule has 0 saturated carbocycles. The summed E-state index contributed by atoms with van der Waals surface area (Å²) < 4.78 is 6.22. The summed E-state index contributed by atoms with van der Waals surface area (Å²) in [6.07, 6.45) is 1.77. The lowest BCUT2D eigenvalue weighted by molar-refractivity contribution is -0.139. The Hall–Kier alpha value is -2.24. The molecule has 1 aromatic carbocycles. The number of carbonyl (C=O) groups excluding carboxylic acids is 1. The summed E-state index contributed by atoms with van der Waals surface area (Å²) in [5.41, 5.74) is 2.73. The van der Waals surface area contributed by atoms with E-state index in [0.29, 0.717) is 0 Å². The first-order chi connectivity index (χ1) is 8.22. The van der Waals surface area contributed by atoms with Crippen molar-refractivity contribution in [2.75, 3.05) is 7.11 Å². The standard InChI is InChI=1S/C11H12N4O2/c1-8-9(6-11(16)17-2)4-3-5-10(8)15-7-12-13-14-15/h3-5,7H,6H2,1-2H3. The Morgan fingerprint density at radius 3 is 2.94 bits per heavy atom. The Labute approximate surface area is 98.2 Å². The number of hydrogen-bond acceptors (Lipinski definition) is 5. The van der Waals surface area contributed by atoms with Gasteiger partial charge in [-0.2, -0.15) is 0 Å². The van der Waals surface area contributed by atoms with Gasteiger partial charge in [-0.25, -0.2) is 4.68 Å². The van der Waals surface area contributed by atoms with Gasteiger partial charge in [-0.15, -0.1) is 5.10 Å². The van der Waals surface area contributed by atoms with Crippen LogP contribution in [0.5, 0.6) is 0 Å². The first-order valence-electron chi connectivity index (χ1n) is 5.11. The summed E-state index contributed by atoms with van der Waals surface area (Å²) in [6.45, 7) is 1.93. The zero-order chi connectivity index (χ0) is 12.3. The van der Waals surface area contributed by atoms with E-state index in [-0.39, 0.29) is 12.4 Å². The predicted octanol–water partition coefficient (Wildman–Crippen LogP) is 0.686. The molecule has 0 spiro atoms. The molecule has 0 aliphatic carbocycles. The van der Waals surface area contributed by atoms with Crippen LogP contribution in [0.25, 0.3) is 5.69 Å². The van der Waals surface area contributed by atoms with Crippen molar-refractivity contribution >= 4 is 5.97 Å². The zero-order valence-electron chi connectivity index (χ0n) is 9.62. The molecule has 0 fully saturated rings. The lowest BCUT2D eigenvalue weighted by atomic mass is 10.0. The topological polar surface area (TPSA) is 69.9 Å². The van der Waals surface area contributed by atoms with E-state index >= 15 is 0 Å². The third kappa shape index (κ3) is 2.30. The van der Waals surface area contributed by atoms with Gasteiger partial charge in [0.25, 0.3) is 0 Å². The maximum Gasteiger partial charge on any atom is 0.309 e. The minimum Gasteiger partial charge on any atom is -0.469 e. The molecule has 0 saturated heterocycles. The number of aromatic nitrogens is 4. The third-order valence-electron chi connectivity index (χ3n) is 2.58. The molecule has 0 radical (unpaired) electrons. The molecule has 0 bridgehead atoms. The van der Waals surface area contributed by atoms with E-state index in [4.69, 9.17) is 0 Å². The van der Waals surface area contributed by atoms with Crippen LogP contribution in [0.15, 0.2) is 24.5 Å². The summed E-state index contributed by atoms with van der Waals surface area (Å²) in [7, 11) is 1.38. The molecular weight excluding hydrogens is 220 g/mol. The highest BCUT2D eigenvalue weighted by Crippen LogP contribution is 2.17. The van der Waals surface area contributed by atoms with E-state index in [2.05, 4.69) is 20.3 Å². The van der Waals surface area contributed by atoms with Gasteiger partial charge in [0.05, 0.1) is 19.2 Å². The Bertz CT molecular complexity index is 522. The SMILES string of the molecule is COC(=O)Cc1cccc(-n2cnnn2)c1C. The Morgan fingerprint density at radius 2 is 2.29 bits per heavy atom. The largest absolute Gasteiger partial charge is 0.469 e. The van der Waals surface area contributed by atoms with E-state index in [1.165, 1.54) is 13.4 Å². The zero-order valence-corrected chi connectivity index (χ0v) is 9.62. The van der Waals surface area contributed by atoms with Gasteiger partial charge < -0.3 is 4.74 Å². The van der Waals surface area contributed by atoms with Crippen molar-refractivity contribution in [2.24, 2.45) is 0 Å². The number of hydrogen-bond donors (Lipinski definition) is 0. The number of benzene rings is 1. The summed E-state index contributed by atoms with van der Waals surface area (Å²) in [4.78, 5) is 11.3. The van der Waals surface area contributed by atoms with E-state index < -0.39 is 0 Å². The van der Waals surface area contributed by atoms with Crippen molar-refractivity contribution in [2.45, 2.75) is 13.3 Å². The number of methoxy groups -OCH3 is 1. The van der Waals surface area contributed by atoms with E-state index in [9.17, 15) is 4.79 Å². The van der Waals surface area contributed by atoms with Crippen molar-refractivity contribution < 1.29 is 9.53 Å².